The summed E-state index contributed by atoms with van der Waals surface area (Å²) < 4.78 is 5.33. The third-order valence-corrected chi connectivity index (χ3v) is 4.16. The van der Waals surface area contributed by atoms with Gasteiger partial charge in [0, 0.05) is 26.2 Å². The molecule has 18 heavy (non-hydrogen) atoms. The lowest BCUT2D eigenvalue weighted by Gasteiger charge is -2.29. The van der Waals surface area contributed by atoms with Crippen LogP contribution < -0.4 is 5.32 Å². The zero-order valence-electron chi connectivity index (χ0n) is 11.2. The molecule has 2 fully saturated rings. The minimum Gasteiger partial charge on any atom is -0.379 e. The molecule has 0 aromatic heterocycles. The van der Waals surface area contributed by atoms with Crippen molar-refractivity contribution in [3.05, 3.63) is 0 Å². The summed E-state index contributed by atoms with van der Waals surface area (Å²) in [6.07, 6.45) is 6.40. The average Bonchev–Trinajstić information content (AvgIpc) is 2.46. The molecular formula is C14H25N3O. The van der Waals surface area contributed by atoms with Crippen LogP contribution in [0.25, 0.3) is 0 Å². The van der Waals surface area contributed by atoms with Crippen LogP contribution in [0.2, 0.25) is 0 Å². The Labute approximate surface area is 110 Å². The van der Waals surface area contributed by atoms with Crippen molar-refractivity contribution in [1.29, 1.82) is 5.26 Å². The van der Waals surface area contributed by atoms with Gasteiger partial charge < -0.3 is 10.1 Å². The molecule has 0 aromatic rings. The first-order valence-electron chi connectivity index (χ1n) is 7.33. The standard InChI is InChI=1S/C14H25N3O/c15-12-14(13-4-2-1-3-5-13)16-6-7-17-8-10-18-11-9-17/h13-14,16H,1-11H2. The van der Waals surface area contributed by atoms with Crippen molar-refractivity contribution in [3.8, 4) is 6.07 Å². The highest BCUT2D eigenvalue weighted by Gasteiger charge is 2.23. The summed E-state index contributed by atoms with van der Waals surface area (Å²) in [4.78, 5) is 2.41. The van der Waals surface area contributed by atoms with Gasteiger partial charge in [-0.05, 0) is 18.8 Å². The lowest BCUT2D eigenvalue weighted by molar-refractivity contribution is 0.0380. The Hall–Kier alpha value is -0.630. The Morgan fingerprint density at radius 3 is 2.61 bits per heavy atom. The minimum absolute atomic E-state index is 0.0614. The third-order valence-electron chi connectivity index (χ3n) is 4.16. The zero-order valence-corrected chi connectivity index (χ0v) is 11.2. The van der Waals surface area contributed by atoms with Crippen molar-refractivity contribution >= 4 is 0 Å². The van der Waals surface area contributed by atoms with Crippen molar-refractivity contribution in [3.63, 3.8) is 0 Å². The van der Waals surface area contributed by atoms with Crippen molar-refractivity contribution in [2.75, 3.05) is 39.4 Å². The second-order valence-corrected chi connectivity index (χ2v) is 5.41. The van der Waals surface area contributed by atoms with E-state index < -0.39 is 0 Å². The van der Waals surface area contributed by atoms with Gasteiger partial charge >= 0.3 is 0 Å². The van der Waals surface area contributed by atoms with Crippen LogP contribution in [0.15, 0.2) is 0 Å². The number of ether oxygens (including phenoxy) is 1. The molecule has 1 aliphatic heterocycles. The highest BCUT2D eigenvalue weighted by molar-refractivity contribution is 4.95. The molecule has 1 unspecified atom stereocenters. The molecular weight excluding hydrogens is 226 g/mol. The van der Waals surface area contributed by atoms with Gasteiger partial charge in [0.2, 0.25) is 0 Å². The molecule has 1 heterocycles. The van der Waals surface area contributed by atoms with Crippen molar-refractivity contribution in [2.24, 2.45) is 5.92 Å². The van der Waals surface area contributed by atoms with Gasteiger partial charge in [-0.2, -0.15) is 5.26 Å². The second-order valence-electron chi connectivity index (χ2n) is 5.41. The van der Waals surface area contributed by atoms with E-state index in [1.54, 1.807) is 0 Å². The molecule has 0 spiro atoms. The van der Waals surface area contributed by atoms with Crippen LogP contribution in [0.3, 0.4) is 0 Å². The van der Waals surface area contributed by atoms with E-state index in [1.165, 1.54) is 32.1 Å². The van der Waals surface area contributed by atoms with Crippen LogP contribution in [-0.4, -0.2) is 50.3 Å². The molecule has 0 radical (unpaired) electrons. The average molecular weight is 251 g/mol. The quantitative estimate of drug-likeness (QED) is 0.802. The predicted molar refractivity (Wildman–Crippen MR) is 71.2 cm³/mol. The highest BCUT2D eigenvalue weighted by atomic mass is 16.5. The number of nitrogens with one attached hydrogen (secondary N) is 1. The number of nitrogens with zero attached hydrogens (tertiary/aromatic N) is 2. The Balaban J connectivity index is 1.65. The molecule has 4 nitrogen and oxygen atoms in total. The molecule has 0 bridgehead atoms. The Kier molecular flexibility index (Phi) is 5.92. The smallest absolute Gasteiger partial charge is 0.0981 e. The zero-order chi connectivity index (χ0) is 12.6. The molecule has 4 heteroatoms. The van der Waals surface area contributed by atoms with E-state index in [9.17, 15) is 5.26 Å². The molecule has 1 atom stereocenters. The predicted octanol–water partition coefficient (Wildman–Crippen LogP) is 1.38. The molecule has 1 aliphatic carbocycles. The molecule has 0 aromatic carbocycles. The Bertz CT molecular complexity index is 265. The van der Waals surface area contributed by atoms with E-state index in [4.69, 9.17) is 4.74 Å². The number of rotatable bonds is 5. The van der Waals surface area contributed by atoms with E-state index in [0.717, 1.165) is 39.4 Å². The van der Waals surface area contributed by atoms with Crippen LogP contribution in [0.4, 0.5) is 0 Å². The van der Waals surface area contributed by atoms with E-state index in [0.29, 0.717) is 5.92 Å². The van der Waals surface area contributed by atoms with Crippen molar-refractivity contribution in [2.45, 2.75) is 38.1 Å². The summed E-state index contributed by atoms with van der Waals surface area (Å²) in [7, 11) is 0. The van der Waals surface area contributed by atoms with Gasteiger partial charge in [0.05, 0.1) is 25.3 Å². The van der Waals surface area contributed by atoms with E-state index in [1.807, 2.05) is 0 Å². The van der Waals surface area contributed by atoms with Crippen LogP contribution >= 0.6 is 0 Å². The van der Waals surface area contributed by atoms with Gasteiger partial charge in [0.25, 0.3) is 0 Å². The lowest BCUT2D eigenvalue weighted by Crippen LogP contribution is -2.44. The van der Waals surface area contributed by atoms with Crippen molar-refractivity contribution in [1.82, 2.24) is 10.2 Å². The van der Waals surface area contributed by atoms with E-state index >= 15 is 0 Å². The SMILES string of the molecule is N#CC(NCCN1CCOCC1)C1CCCCC1. The molecule has 102 valence electrons. The summed E-state index contributed by atoms with van der Waals surface area (Å²) in [5, 5.41) is 12.7. The van der Waals surface area contributed by atoms with Crippen LogP contribution in [0.5, 0.6) is 0 Å². The highest BCUT2D eigenvalue weighted by Crippen LogP contribution is 2.26. The molecule has 1 saturated heterocycles. The Morgan fingerprint density at radius 2 is 1.94 bits per heavy atom. The summed E-state index contributed by atoms with van der Waals surface area (Å²) in [5.74, 6) is 0.577. The maximum atomic E-state index is 9.27. The first-order chi connectivity index (χ1) is 8.90. The normalized spacial score (nSPS) is 24.6. The fourth-order valence-corrected chi connectivity index (χ4v) is 2.99. The minimum atomic E-state index is 0.0614. The number of nitriles is 1. The lowest BCUT2D eigenvalue weighted by atomic mass is 9.84. The van der Waals surface area contributed by atoms with Crippen LogP contribution in [0.1, 0.15) is 32.1 Å². The van der Waals surface area contributed by atoms with Crippen LogP contribution in [0, 0.1) is 17.2 Å². The van der Waals surface area contributed by atoms with Gasteiger partial charge in [-0.25, -0.2) is 0 Å². The first-order valence-corrected chi connectivity index (χ1v) is 7.33. The van der Waals surface area contributed by atoms with Gasteiger partial charge in [-0.3, -0.25) is 4.90 Å². The monoisotopic (exact) mass is 251 g/mol. The molecule has 1 saturated carbocycles. The first kappa shape index (κ1) is 13.8. The van der Waals surface area contributed by atoms with Gasteiger partial charge in [-0.1, -0.05) is 19.3 Å². The summed E-state index contributed by atoms with van der Waals surface area (Å²) in [5.41, 5.74) is 0. The second kappa shape index (κ2) is 7.73. The van der Waals surface area contributed by atoms with Gasteiger partial charge in [0.15, 0.2) is 0 Å². The number of hydrogen-bond donors (Lipinski definition) is 1. The van der Waals surface area contributed by atoms with Gasteiger partial charge in [-0.15, -0.1) is 0 Å². The summed E-state index contributed by atoms with van der Waals surface area (Å²) in [6.45, 7) is 5.72. The molecule has 1 N–H and O–H groups in total. The van der Waals surface area contributed by atoms with Crippen molar-refractivity contribution < 1.29 is 4.74 Å². The largest absolute Gasteiger partial charge is 0.379 e. The van der Waals surface area contributed by atoms with E-state index in [2.05, 4.69) is 16.3 Å². The molecule has 0 amide bonds. The summed E-state index contributed by atoms with van der Waals surface area (Å²) in [6, 6.07) is 2.52. The number of hydrogen-bond acceptors (Lipinski definition) is 4. The fraction of sp³-hybridized carbons (Fsp3) is 0.929. The maximum Gasteiger partial charge on any atom is 0.0981 e. The Morgan fingerprint density at radius 1 is 1.22 bits per heavy atom. The maximum absolute atomic E-state index is 9.27. The number of morpholine rings is 1. The third kappa shape index (κ3) is 4.24. The van der Waals surface area contributed by atoms with Crippen LogP contribution in [-0.2, 0) is 4.74 Å². The van der Waals surface area contributed by atoms with E-state index in [-0.39, 0.29) is 6.04 Å². The molecule has 2 rings (SSSR count). The summed E-state index contributed by atoms with van der Waals surface area (Å²) >= 11 is 0. The molecule has 2 aliphatic rings. The fourth-order valence-electron chi connectivity index (χ4n) is 2.99. The topological polar surface area (TPSA) is 48.3 Å². The van der Waals surface area contributed by atoms with Gasteiger partial charge in [0.1, 0.15) is 0 Å².